The molecule has 3 aromatic rings. The number of benzene rings is 1. The molecule has 3 saturated heterocycles. The van der Waals surface area contributed by atoms with Gasteiger partial charge in [-0.05, 0) is 25.0 Å². The van der Waals surface area contributed by atoms with Crippen LogP contribution in [0.15, 0.2) is 28.1 Å². The zero-order valence-corrected chi connectivity index (χ0v) is 18.7. The summed E-state index contributed by atoms with van der Waals surface area (Å²) in [6.45, 7) is 3.17. The van der Waals surface area contributed by atoms with E-state index in [9.17, 15) is 14.7 Å². The molecule has 0 saturated carbocycles. The Hall–Kier alpha value is -3.18. The number of rotatable bonds is 3. The minimum Gasteiger partial charge on any atom is -0.465 e. The van der Waals surface area contributed by atoms with E-state index in [0.29, 0.717) is 62.1 Å². The van der Waals surface area contributed by atoms with Crippen LogP contribution in [0.3, 0.4) is 0 Å². The van der Waals surface area contributed by atoms with Crippen LogP contribution in [0.5, 0.6) is 0 Å². The Bertz CT molecular complexity index is 1190. The summed E-state index contributed by atoms with van der Waals surface area (Å²) in [4.78, 5) is 39.5. The normalized spacial score (nSPS) is 22.8. The number of thiazole rings is 1. The average molecular weight is 470 g/mol. The van der Waals surface area contributed by atoms with Crippen LogP contribution in [0.1, 0.15) is 23.2 Å². The molecule has 2 atom stereocenters. The number of ether oxygens (including phenoxy) is 1. The van der Waals surface area contributed by atoms with Gasteiger partial charge in [-0.3, -0.25) is 9.69 Å². The third-order valence-corrected chi connectivity index (χ3v) is 7.50. The van der Waals surface area contributed by atoms with Crippen LogP contribution in [0.4, 0.5) is 10.8 Å². The van der Waals surface area contributed by atoms with Gasteiger partial charge in [0.25, 0.3) is 11.9 Å². The maximum atomic E-state index is 13.3. The van der Waals surface area contributed by atoms with Crippen molar-refractivity contribution in [1.82, 2.24) is 19.8 Å². The van der Waals surface area contributed by atoms with E-state index < -0.39 is 6.09 Å². The molecule has 2 amide bonds. The van der Waals surface area contributed by atoms with E-state index in [1.54, 1.807) is 22.1 Å². The molecule has 6 rings (SSSR count). The van der Waals surface area contributed by atoms with Crippen molar-refractivity contribution in [2.24, 2.45) is 0 Å². The van der Waals surface area contributed by atoms with Gasteiger partial charge in [-0.2, -0.15) is 4.98 Å². The lowest BCUT2D eigenvalue weighted by atomic mass is 10.1. The number of anilines is 1. The molecule has 10 nitrogen and oxygen atoms in total. The molecular formula is C22H23N5O5S. The predicted octanol–water partition coefficient (Wildman–Crippen LogP) is 2.75. The number of amides is 2. The quantitative estimate of drug-likeness (QED) is 0.623. The van der Waals surface area contributed by atoms with Crippen LogP contribution in [-0.2, 0) is 4.74 Å². The van der Waals surface area contributed by atoms with E-state index >= 15 is 0 Å². The molecule has 0 aliphatic carbocycles. The molecule has 11 heteroatoms. The fourth-order valence-electron chi connectivity index (χ4n) is 5.14. The molecule has 2 unspecified atom stereocenters. The van der Waals surface area contributed by atoms with Crippen molar-refractivity contribution in [3.63, 3.8) is 0 Å². The molecule has 2 bridgehead atoms. The van der Waals surface area contributed by atoms with Crippen molar-refractivity contribution >= 4 is 40.5 Å². The summed E-state index contributed by atoms with van der Waals surface area (Å²) in [6, 6.07) is 3.94. The molecular weight excluding hydrogens is 446 g/mol. The molecule has 3 aliphatic heterocycles. The molecule has 1 N–H and O–H groups in total. The highest BCUT2D eigenvalue weighted by Crippen LogP contribution is 2.38. The van der Waals surface area contributed by atoms with Crippen molar-refractivity contribution in [3.8, 4) is 10.6 Å². The maximum absolute atomic E-state index is 13.3. The lowest BCUT2D eigenvalue weighted by Crippen LogP contribution is -2.55. The van der Waals surface area contributed by atoms with Crippen LogP contribution < -0.4 is 4.90 Å². The van der Waals surface area contributed by atoms with Crippen LogP contribution in [0.2, 0.25) is 0 Å². The number of carbonyl (C=O) groups excluding carboxylic acids is 1. The molecule has 3 aliphatic rings. The number of nitrogens with zero attached hydrogens (tertiary/aromatic N) is 5. The Morgan fingerprint density at radius 3 is 2.55 bits per heavy atom. The highest BCUT2D eigenvalue weighted by Gasteiger charge is 2.44. The van der Waals surface area contributed by atoms with Gasteiger partial charge in [0.1, 0.15) is 10.5 Å². The van der Waals surface area contributed by atoms with Gasteiger partial charge in [0.2, 0.25) is 0 Å². The summed E-state index contributed by atoms with van der Waals surface area (Å²) in [7, 11) is 0. The van der Waals surface area contributed by atoms with Crippen molar-refractivity contribution in [2.45, 2.75) is 24.9 Å². The molecule has 0 radical (unpaired) electrons. The number of fused-ring (bicyclic) bond motifs is 3. The predicted molar refractivity (Wildman–Crippen MR) is 121 cm³/mol. The summed E-state index contributed by atoms with van der Waals surface area (Å²) in [5.41, 5.74) is 2.34. The Balaban J connectivity index is 1.41. The van der Waals surface area contributed by atoms with Crippen LogP contribution in [0.25, 0.3) is 21.7 Å². The third-order valence-electron chi connectivity index (χ3n) is 6.70. The highest BCUT2D eigenvalue weighted by molar-refractivity contribution is 7.13. The van der Waals surface area contributed by atoms with E-state index in [-0.39, 0.29) is 18.0 Å². The molecule has 3 fully saturated rings. The van der Waals surface area contributed by atoms with Gasteiger partial charge in [0, 0.05) is 37.8 Å². The van der Waals surface area contributed by atoms with Gasteiger partial charge in [0.15, 0.2) is 5.58 Å². The second-order valence-corrected chi connectivity index (χ2v) is 9.45. The first kappa shape index (κ1) is 20.4. The first-order valence-corrected chi connectivity index (χ1v) is 11.9. The van der Waals surface area contributed by atoms with Crippen molar-refractivity contribution in [2.75, 3.05) is 44.3 Å². The molecule has 172 valence electrons. The number of hydrogen-bond donors (Lipinski definition) is 1. The molecule has 5 heterocycles. The number of morpholine rings is 1. The fraction of sp³-hybridized carbons (Fsp3) is 0.455. The minimum atomic E-state index is -0.871. The molecule has 1 aromatic carbocycles. The molecule has 33 heavy (non-hydrogen) atoms. The SMILES string of the molecule is O=C(c1ccc(-c2nccs2)c2oc(N3CC4CCC(C3)N4C(=O)O)nc12)N1CCOCC1. The van der Waals surface area contributed by atoms with Crippen LogP contribution in [-0.4, -0.2) is 88.4 Å². The van der Waals surface area contributed by atoms with Crippen LogP contribution in [0, 0.1) is 0 Å². The number of carboxylic acid groups (broad SMARTS) is 1. The number of piperazine rings is 1. The zero-order valence-electron chi connectivity index (χ0n) is 17.8. The van der Waals surface area contributed by atoms with Crippen molar-refractivity contribution < 1.29 is 23.8 Å². The lowest BCUT2D eigenvalue weighted by molar-refractivity contribution is 0.0304. The smallest absolute Gasteiger partial charge is 0.407 e. The van der Waals surface area contributed by atoms with Crippen LogP contribution >= 0.6 is 11.3 Å². The van der Waals surface area contributed by atoms with E-state index in [4.69, 9.17) is 14.1 Å². The first-order valence-electron chi connectivity index (χ1n) is 11.1. The first-order chi connectivity index (χ1) is 16.1. The van der Waals surface area contributed by atoms with Gasteiger partial charge in [-0.25, -0.2) is 9.78 Å². The molecule has 2 aromatic heterocycles. The standard InChI is InChI=1S/C22H23N5O5S/c28-20(25-6-8-31-9-7-25)15-3-4-16(19-23-5-10-33-19)18-17(15)24-21(32-18)26-11-13-1-2-14(12-26)27(13)22(29)30/h3-5,10,13-14H,1-2,6-9,11-12H2,(H,29,30). The Kier molecular flexibility index (Phi) is 4.95. The summed E-state index contributed by atoms with van der Waals surface area (Å²) >= 11 is 1.50. The largest absolute Gasteiger partial charge is 0.465 e. The van der Waals surface area contributed by atoms with Gasteiger partial charge >= 0.3 is 6.09 Å². The number of aromatic nitrogens is 2. The Morgan fingerprint density at radius 1 is 1.12 bits per heavy atom. The second kappa shape index (κ2) is 7.99. The topological polar surface area (TPSA) is 112 Å². The van der Waals surface area contributed by atoms with Crippen molar-refractivity contribution in [1.29, 1.82) is 0 Å². The van der Waals surface area contributed by atoms with Crippen molar-refractivity contribution in [3.05, 3.63) is 29.3 Å². The van der Waals surface area contributed by atoms with E-state index in [2.05, 4.69) is 4.98 Å². The minimum absolute atomic E-state index is 0.0795. The summed E-state index contributed by atoms with van der Waals surface area (Å²) in [5.74, 6) is -0.0930. The summed E-state index contributed by atoms with van der Waals surface area (Å²) < 4.78 is 11.7. The zero-order chi connectivity index (χ0) is 22.5. The number of hydrogen-bond acceptors (Lipinski definition) is 8. The summed E-state index contributed by atoms with van der Waals surface area (Å²) in [5, 5.41) is 12.3. The Morgan fingerprint density at radius 2 is 1.88 bits per heavy atom. The fourth-order valence-corrected chi connectivity index (χ4v) is 5.80. The van der Waals surface area contributed by atoms with E-state index in [1.165, 1.54) is 11.3 Å². The number of carbonyl (C=O) groups is 2. The van der Waals surface area contributed by atoms with Gasteiger partial charge in [0.05, 0.1) is 36.4 Å². The van der Waals surface area contributed by atoms with Gasteiger partial charge in [-0.1, -0.05) is 0 Å². The summed E-state index contributed by atoms with van der Waals surface area (Å²) in [6.07, 6.45) is 2.53. The second-order valence-electron chi connectivity index (χ2n) is 8.56. The molecule has 0 spiro atoms. The average Bonchev–Trinajstić information content (AvgIpc) is 3.57. The van der Waals surface area contributed by atoms with E-state index in [1.807, 2.05) is 16.3 Å². The van der Waals surface area contributed by atoms with E-state index in [0.717, 1.165) is 23.4 Å². The van der Waals surface area contributed by atoms with Gasteiger partial charge < -0.3 is 24.1 Å². The number of oxazole rings is 1. The highest BCUT2D eigenvalue weighted by atomic mass is 32.1. The van der Waals surface area contributed by atoms with Gasteiger partial charge in [-0.15, -0.1) is 11.3 Å². The monoisotopic (exact) mass is 469 g/mol. The maximum Gasteiger partial charge on any atom is 0.407 e. The lowest BCUT2D eigenvalue weighted by Gasteiger charge is -2.38. The Labute approximate surface area is 193 Å². The third kappa shape index (κ3) is 3.42.